The number of nitrogens with zero attached hydrogens (tertiary/aromatic N) is 3. The lowest BCUT2D eigenvalue weighted by Crippen LogP contribution is -2.01. The second kappa shape index (κ2) is 6.92. The summed E-state index contributed by atoms with van der Waals surface area (Å²) in [6, 6.07) is 15.3. The van der Waals surface area contributed by atoms with Crippen LogP contribution in [-0.4, -0.2) is 27.4 Å². The van der Waals surface area contributed by atoms with E-state index in [4.69, 9.17) is 9.72 Å². The number of esters is 1. The smallest absolute Gasteiger partial charge is 0.337 e. The van der Waals surface area contributed by atoms with Crippen molar-refractivity contribution in [3.63, 3.8) is 0 Å². The largest absolute Gasteiger partial charge is 0.465 e. The van der Waals surface area contributed by atoms with E-state index >= 15 is 0 Å². The number of hydrogen-bond donors (Lipinski definition) is 1. The molecule has 6 heteroatoms. The van der Waals surface area contributed by atoms with E-state index in [9.17, 15) is 4.79 Å². The maximum absolute atomic E-state index is 11.7. The lowest BCUT2D eigenvalue weighted by atomic mass is 10.1. The number of methoxy groups -OCH3 is 1. The van der Waals surface area contributed by atoms with Crippen molar-refractivity contribution in [1.82, 2.24) is 14.4 Å². The molecule has 0 aliphatic heterocycles. The Labute approximate surface area is 156 Å². The number of carbonyl (C=O) groups excluding carboxylic acids is 1. The Hall–Kier alpha value is -3.67. The number of para-hydroxylation sites is 1. The Morgan fingerprint density at radius 1 is 1.11 bits per heavy atom. The average Bonchev–Trinajstić information content (AvgIpc) is 3.08. The van der Waals surface area contributed by atoms with Gasteiger partial charge in [-0.15, -0.1) is 0 Å². The van der Waals surface area contributed by atoms with E-state index < -0.39 is 0 Å². The van der Waals surface area contributed by atoms with Crippen molar-refractivity contribution in [2.24, 2.45) is 0 Å². The molecule has 0 atom stereocenters. The number of imidazole rings is 1. The van der Waals surface area contributed by atoms with Gasteiger partial charge in [0.1, 0.15) is 11.5 Å². The first kappa shape index (κ1) is 16.8. The number of carbonyl (C=O) groups is 1. The van der Waals surface area contributed by atoms with Crippen LogP contribution in [0.1, 0.15) is 15.9 Å². The topological polar surface area (TPSA) is 68.5 Å². The molecule has 4 aromatic rings. The molecular formula is C21H18N4O2. The highest BCUT2D eigenvalue weighted by Crippen LogP contribution is 2.32. The van der Waals surface area contributed by atoms with Crippen LogP contribution in [0.4, 0.5) is 11.5 Å². The molecule has 0 aliphatic rings. The molecule has 0 amide bonds. The zero-order valence-electron chi connectivity index (χ0n) is 15.0. The first-order valence-corrected chi connectivity index (χ1v) is 8.51. The number of aromatic nitrogens is 3. The van der Waals surface area contributed by atoms with E-state index in [2.05, 4.69) is 23.3 Å². The molecule has 2 heterocycles. The molecule has 2 aromatic carbocycles. The summed E-state index contributed by atoms with van der Waals surface area (Å²) in [5.74, 6) is 0.478. The molecule has 0 fully saturated rings. The number of ether oxygens (including phenoxy) is 1. The third-order valence-corrected chi connectivity index (χ3v) is 4.41. The van der Waals surface area contributed by atoms with Crippen LogP contribution in [-0.2, 0) is 4.74 Å². The highest BCUT2D eigenvalue weighted by atomic mass is 16.5. The van der Waals surface area contributed by atoms with Crippen molar-refractivity contribution in [2.45, 2.75) is 6.92 Å². The van der Waals surface area contributed by atoms with Crippen LogP contribution < -0.4 is 5.32 Å². The summed E-state index contributed by atoms with van der Waals surface area (Å²) in [5, 5.41) is 3.49. The first-order chi connectivity index (χ1) is 13.2. The predicted octanol–water partition coefficient (Wildman–Crippen LogP) is 4.23. The van der Waals surface area contributed by atoms with Crippen LogP contribution >= 0.6 is 0 Å². The Morgan fingerprint density at radius 2 is 1.89 bits per heavy atom. The summed E-state index contributed by atoms with van der Waals surface area (Å²) in [7, 11) is 1.37. The molecule has 134 valence electrons. The van der Waals surface area contributed by atoms with E-state index in [1.807, 2.05) is 40.9 Å². The van der Waals surface area contributed by atoms with Gasteiger partial charge in [-0.3, -0.25) is 9.38 Å². The van der Waals surface area contributed by atoms with Gasteiger partial charge in [0.25, 0.3) is 0 Å². The zero-order valence-corrected chi connectivity index (χ0v) is 15.0. The van der Waals surface area contributed by atoms with E-state index in [1.165, 1.54) is 7.11 Å². The van der Waals surface area contributed by atoms with Gasteiger partial charge in [-0.1, -0.05) is 30.3 Å². The first-order valence-electron chi connectivity index (χ1n) is 8.51. The fourth-order valence-electron chi connectivity index (χ4n) is 2.95. The standard InChI is InChI=1S/C21H18N4O2/c1-14-5-3-4-6-17(14)23-20-19(24-18-13-22-11-12-25(18)20)15-7-9-16(10-8-15)21(26)27-2/h3-13,23H,1-2H3. The van der Waals surface area contributed by atoms with Crippen LogP contribution in [0.5, 0.6) is 0 Å². The number of hydrogen-bond acceptors (Lipinski definition) is 5. The average molecular weight is 358 g/mol. The molecule has 0 aliphatic carbocycles. The predicted molar refractivity (Wildman–Crippen MR) is 104 cm³/mol. The van der Waals surface area contributed by atoms with Crippen LogP contribution in [0.2, 0.25) is 0 Å². The van der Waals surface area contributed by atoms with Gasteiger partial charge in [0.15, 0.2) is 5.65 Å². The monoisotopic (exact) mass is 358 g/mol. The fraction of sp³-hybridized carbons (Fsp3) is 0.0952. The maximum Gasteiger partial charge on any atom is 0.337 e. The highest BCUT2D eigenvalue weighted by molar-refractivity contribution is 5.90. The summed E-state index contributed by atoms with van der Waals surface area (Å²) in [6.45, 7) is 2.05. The molecule has 0 spiro atoms. The number of nitrogens with one attached hydrogen (secondary N) is 1. The molecule has 2 aromatic heterocycles. The van der Waals surface area contributed by atoms with Crippen molar-refractivity contribution < 1.29 is 9.53 Å². The molecule has 1 N–H and O–H groups in total. The molecule has 0 saturated heterocycles. The molecule has 0 radical (unpaired) electrons. The van der Waals surface area contributed by atoms with Crippen molar-refractivity contribution in [3.05, 3.63) is 78.2 Å². The Balaban J connectivity index is 1.83. The minimum atomic E-state index is -0.362. The number of benzene rings is 2. The van der Waals surface area contributed by atoms with Crippen LogP contribution in [0.25, 0.3) is 16.9 Å². The third kappa shape index (κ3) is 3.13. The third-order valence-electron chi connectivity index (χ3n) is 4.41. The molecule has 27 heavy (non-hydrogen) atoms. The van der Waals surface area contributed by atoms with Gasteiger partial charge in [0, 0.05) is 23.6 Å². The van der Waals surface area contributed by atoms with Crippen molar-refractivity contribution in [1.29, 1.82) is 0 Å². The molecule has 0 bridgehead atoms. The van der Waals surface area contributed by atoms with Gasteiger partial charge in [0.05, 0.1) is 18.9 Å². The van der Waals surface area contributed by atoms with Crippen molar-refractivity contribution in [3.8, 4) is 11.3 Å². The summed E-state index contributed by atoms with van der Waals surface area (Å²) < 4.78 is 6.73. The van der Waals surface area contributed by atoms with E-state index in [0.717, 1.165) is 34.0 Å². The van der Waals surface area contributed by atoms with E-state index in [-0.39, 0.29) is 5.97 Å². The lowest BCUT2D eigenvalue weighted by Gasteiger charge is -2.11. The number of aryl methyl sites for hydroxylation is 1. The molecule has 4 rings (SSSR count). The molecular weight excluding hydrogens is 340 g/mol. The van der Waals surface area contributed by atoms with E-state index in [0.29, 0.717) is 5.56 Å². The Bertz CT molecular complexity index is 1120. The van der Waals surface area contributed by atoms with Gasteiger partial charge >= 0.3 is 5.97 Å². The number of rotatable bonds is 4. The molecule has 0 saturated carbocycles. The Kier molecular flexibility index (Phi) is 4.30. The van der Waals surface area contributed by atoms with E-state index in [1.54, 1.807) is 24.5 Å². The minimum absolute atomic E-state index is 0.362. The van der Waals surface area contributed by atoms with Crippen LogP contribution in [0, 0.1) is 6.92 Å². The highest BCUT2D eigenvalue weighted by Gasteiger charge is 2.16. The second-order valence-corrected chi connectivity index (χ2v) is 6.12. The van der Waals surface area contributed by atoms with Crippen LogP contribution in [0.3, 0.4) is 0 Å². The summed E-state index contributed by atoms with van der Waals surface area (Å²) >= 11 is 0. The van der Waals surface area contributed by atoms with Gasteiger partial charge in [0.2, 0.25) is 0 Å². The number of fused-ring (bicyclic) bond motifs is 1. The van der Waals surface area contributed by atoms with Gasteiger partial charge in [-0.2, -0.15) is 0 Å². The molecule has 6 nitrogen and oxygen atoms in total. The Morgan fingerprint density at radius 3 is 2.63 bits per heavy atom. The summed E-state index contributed by atoms with van der Waals surface area (Å²) in [5.41, 5.74) is 5.04. The fourth-order valence-corrected chi connectivity index (χ4v) is 2.95. The summed E-state index contributed by atoms with van der Waals surface area (Å²) in [4.78, 5) is 20.6. The van der Waals surface area contributed by atoms with Crippen molar-refractivity contribution >= 4 is 23.1 Å². The van der Waals surface area contributed by atoms with Gasteiger partial charge < -0.3 is 10.1 Å². The van der Waals surface area contributed by atoms with Crippen LogP contribution in [0.15, 0.2) is 67.1 Å². The SMILES string of the molecule is COC(=O)c1ccc(-c2nc3cnccn3c2Nc2ccccc2C)cc1. The number of anilines is 2. The second-order valence-electron chi connectivity index (χ2n) is 6.12. The minimum Gasteiger partial charge on any atom is -0.465 e. The van der Waals surface area contributed by atoms with Crippen molar-refractivity contribution in [2.75, 3.05) is 12.4 Å². The lowest BCUT2D eigenvalue weighted by molar-refractivity contribution is 0.0601. The summed E-state index contributed by atoms with van der Waals surface area (Å²) in [6.07, 6.45) is 5.31. The quantitative estimate of drug-likeness (QED) is 0.553. The maximum atomic E-state index is 11.7. The van der Waals surface area contributed by atoms with Gasteiger partial charge in [-0.25, -0.2) is 9.78 Å². The molecule has 0 unspecified atom stereocenters. The normalized spacial score (nSPS) is 10.7. The zero-order chi connectivity index (χ0) is 18.8. The van der Waals surface area contributed by atoms with Gasteiger partial charge in [-0.05, 0) is 30.7 Å².